The summed E-state index contributed by atoms with van der Waals surface area (Å²) in [6, 6.07) is 10.6. The van der Waals surface area contributed by atoms with Crippen LogP contribution in [-0.2, 0) is 20.9 Å². The minimum atomic E-state index is -1.19. The van der Waals surface area contributed by atoms with Gasteiger partial charge in [-0.3, -0.25) is 19.8 Å². The molecule has 2 aromatic rings. The van der Waals surface area contributed by atoms with Gasteiger partial charge in [0.05, 0.1) is 6.54 Å². The quantitative estimate of drug-likeness (QED) is 0.568. The van der Waals surface area contributed by atoms with Gasteiger partial charge in [-0.15, -0.1) is 0 Å². The van der Waals surface area contributed by atoms with Crippen molar-refractivity contribution in [2.75, 3.05) is 6.61 Å². The summed E-state index contributed by atoms with van der Waals surface area (Å²) < 4.78 is 18.2. The summed E-state index contributed by atoms with van der Waals surface area (Å²) >= 11 is 0. The SMILES string of the molecule is O=C(O)COc1ccccc1C=C1C(=O)NC(=O)N(Cc2ccc(F)cc2)C1=O. The molecule has 0 aromatic heterocycles. The molecule has 8 nitrogen and oxygen atoms in total. The number of carboxylic acids is 1. The van der Waals surface area contributed by atoms with E-state index < -0.39 is 36.2 Å². The summed E-state index contributed by atoms with van der Waals surface area (Å²) in [4.78, 5) is 48.6. The third-order valence-electron chi connectivity index (χ3n) is 4.01. The van der Waals surface area contributed by atoms with Crippen molar-refractivity contribution in [1.82, 2.24) is 10.2 Å². The highest BCUT2D eigenvalue weighted by Crippen LogP contribution is 2.23. The fourth-order valence-corrected chi connectivity index (χ4v) is 2.64. The summed E-state index contributed by atoms with van der Waals surface area (Å²) in [6.07, 6.45) is 1.22. The first-order valence-corrected chi connectivity index (χ1v) is 8.42. The average molecular weight is 398 g/mol. The number of urea groups is 1. The molecule has 4 amide bonds. The molecule has 3 rings (SSSR count). The molecule has 29 heavy (non-hydrogen) atoms. The van der Waals surface area contributed by atoms with E-state index in [1.165, 1.54) is 42.5 Å². The Morgan fingerprint density at radius 1 is 1.10 bits per heavy atom. The number of rotatable bonds is 6. The predicted molar refractivity (Wildman–Crippen MR) is 98.0 cm³/mol. The molecule has 0 bridgehead atoms. The number of aliphatic carboxylic acids is 1. The molecule has 1 heterocycles. The average Bonchev–Trinajstić information content (AvgIpc) is 2.69. The highest BCUT2D eigenvalue weighted by molar-refractivity contribution is 6.31. The van der Waals surface area contributed by atoms with Crippen LogP contribution < -0.4 is 10.1 Å². The van der Waals surface area contributed by atoms with Crippen molar-refractivity contribution in [2.24, 2.45) is 0 Å². The highest BCUT2D eigenvalue weighted by atomic mass is 19.1. The maximum absolute atomic E-state index is 13.1. The van der Waals surface area contributed by atoms with Crippen LogP contribution in [0.15, 0.2) is 54.1 Å². The highest BCUT2D eigenvalue weighted by Gasteiger charge is 2.35. The monoisotopic (exact) mass is 398 g/mol. The van der Waals surface area contributed by atoms with Crippen molar-refractivity contribution in [3.63, 3.8) is 0 Å². The smallest absolute Gasteiger partial charge is 0.341 e. The van der Waals surface area contributed by atoms with Gasteiger partial charge in [0.1, 0.15) is 17.1 Å². The molecule has 148 valence electrons. The summed E-state index contributed by atoms with van der Waals surface area (Å²) in [5.74, 6) is -3.21. The molecule has 0 aliphatic carbocycles. The van der Waals surface area contributed by atoms with Crippen LogP contribution in [0.5, 0.6) is 5.75 Å². The van der Waals surface area contributed by atoms with Gasteiger partial charge in [0.25, 0.3) is 11.8 Å². The second kappa shape index (κ2) is 8.34. The van der Waals surface area contributed by atoms with E-state index in [-0.39, 0.29) is 17.9 Å². The molecule has 1 fully saturated rings. The zero-order chi connectivity index (χ0) is 21.0. The molecule has 2 N–H and O–H groups in total. The Kier molecular flexibility index (Phi) is 5.68. The predicted octanol–water partition coefficient (Wildman–Crippen LogP) is 1.95. The van der Waals surface area contributed by atoms with Gasteiger partial charge in [0, 0.05) is 5.56 Å². The lowest BCUT2D eigenvalue weighted by Gasteiger charge is -2.26. The molecule has 9 heteroatoms. The fourth-order valence-electron chi connectivity index (χ4n) is 2.64. The van der Waals surface area contributed by atoms with Crippen molar-refractivity contribution in [1.29, 1.82) is 0 Å². The van der Waals surface area contributed by atoms with E-state index in [4.69, 9.17) is 9.84 Å². The molecule has 0 atom stereocenters. The number of halogens is 1. The number of amides is 4. The van der Waals surface area contributed by atoms with Crippen LogP contribution in [0.1, 0.15) is 11.1 Å². The molecule has 1 saturated heterocycles. The number of barbiturate groups is 1. The Balaban J connectivity index is 1.89. The number of nitrogens with zero attached hydrogens (tertiary/aromatic N) is 1. The molecule has 1 aliphatic heterocycles. The number of para-hydroxylation sites is 1. The first-order valence-electron chi connectivity index (χ1n) is 8.42. The van der Waals surface area contributed by atoms with E-state index in [1.54, 1.807) is 12.1 Å². The number of carboxylic acid groups (broad SMARTS) is 1. The standard InChI is InChI=1S/C20H15FN2O6/c21-14-7-5-12(6-8-14)10-23-19(27)15(18(26)22-20(23)28)9-13-3-1-2-4-16(13)29-11-17(24)25/h1-9H,10-11H2,(H,24,25)(H,22,26,28). The van der Waals surface area contributed by atoms with Crippen LogP contribution in [0, 0.1) is 5.82 Å². The molecule has 0 unspecified atom stereocenters. The maximum Gasteiger partial charge on any atom is 0.341 e. The zero-order valence-corrected chi connectivity index (χ0v) is 14.9. The van der Waals surface area contributed by atoms with Gasteiger partial charge < -0.3 is 9.84 Å². The van der Waals surface area contributed by atoms with E-state index in [9.17, 15) is 23.6 Å². The number of nitrogens with one attached hydrogen (secondary N) is 1. The lowest BCUT2D eigenvalue weighted by Crippen LogP contribution is -2.53. The van der Waals surface area contributed by atoms with Crippen molar-refractivity contribution in [3.8, 4) is 5.75 Å². The van der Waals surface area contributed by atoms with E-state index in [1.807, 2.05) is 0 Å². The summed E-state index contributed by atoms with van der Waals surface area (Å²) in [5, 5.41) is 10.8. The van der Waals surface area contributed by atoms with Crippen molar-refractivity contribution >= 4 is 29.9 Å². The Hall–Kier alpha value is -4.01. The molecule has 0 spiro atoms. The Morgan fingerprint density at radius 2 is 1.79 bits per heavy atom. The van der Waals surface area contributed by atoms with Crippen LogP contribution in [0.3, 0.4) is 0 Å². The Morgan fingerprint density at radius 3 is 2.48 bits per heavy atom. The zero-order valence-electron chi connectivity index (χ0n) is 14.9. The number of imide groups is 2. The van der Waals surface area contributed by atoms with Crippen LogP contribution in [-0.4, -0.2) is 40.4 Å². The maximum atomic E-state index is 13.1. The normalized spacial score (nSPS) is 15.4. The number of ether oxygens (including phenoxy) is 1. The molecule has 0 saturated carbocycles. The van der Waals surface area contributed by atoms with Gasteiger partial charge in [0.2, 0.25) is 0 Å². The number of hydrogen-bond acceptors (Lipinski definition) is 5. The number of carbonyl (C=O) groups excluding carboxylic acids is 3. The molecule has 2 aromatic carbocycles. The molecular weight excluding hydrogens is 383 g/mol. The van der Waals surface area contributed by atoms with E-state index in [0.29, 0.717) is 11.1 Å². The summed E-state index contributed by atoms with van der Waals surface area (Å²) in [6.45, 7) is -0.762. The lowest BCUT2D eigenvalue weighted by atomic mass is 10.1. The third kappa shape index (κ3) is 4.64. The number of carbonyl (C=O) groups is 4. The van der Waals surface area contributed by atoms with Gasteiger partial charge >= 0.3 is 12.0 Å². The summed E-state index contributed by atoms with van der Waals surface area (Å²) in [5.41, 5.74) is 0.468. The number of hydrogen-bond donors (Lipinski definition) is 2. The van der Waals surface area contributed by atoms with Crippen molar-refractivity contribution in [2.45, 2.75) is 6.54 Å². The van der Waals surface area contributed by atoms with Gasteiger partial charge in [-0.2, -0.15) is 0 Å². The van der Waals surface area contributed by atoms with Gasteiger partial charge in [-0.1, -0.05) is 30.3 Å². The largest absolute Gasteiger partial charge is 0.481 e. The second-order valence-electron chi connectivity index (χ2n) is 6.06. The van der Waals surface area contributed by atoms with E-state index in [0.717, 1.165) is 4.90 Å². The van der Waals surface area contributed by atoms with E-state index in [2.05, 4.69) is 5.32 Å². The topological polar surface area (TPSA) is 113 Å². The first-order chi connectivity index (χ1) is 13.8. The second-order valence-corrected chi connectivity index (χ2v) is 6.06. The van der Waals surface area contributed by atoms with Crippen molar-refractivity contribution in [3.05, 3.63) is 71.0 Å². The van der Waals surface area contributed by atoms with Crippen molar-refractivity contribution < 1.29 is 33.4 Å². The minimum Gasteiger partial charge on any atom is -0.481 e. The summed E-state index contributed by atoms with van der Waals surface area (Å²) in [7, 11) is 0. The van der Waals surface area contributed by atoms with Gasteiger partial charge in [-0.05, 0) is 29.8 Å². The molecular formula is C20H15FN2O6. The minimum absolute atomic E-state index is 0.157. The van der Waals surface area contributed by atoms with Crippen LogP contribution >= 0.6 is 0 Å². The Bertz CT molecular complexity index is 1020. The third-order valence-corrected chi connectivity index (χ3v) is 4.01. The Labute approximate surface area is 164 Å². The van der Waals surface area contributed by atoms with E-state index >= 15 is 0 Å². The van der Waals surface area contributed by atoms with Crippen LogP contribution in [0.4, 0.5) is 9.18 Å². The lowest BCUT2D eigenvalue weighted by molar-refractivity contribution is -0.139. The number of benzene rings is 2. The molecule has 0 radical (unpaired) electrons. The molecule has 1 aliphatic rings. The van der Waals surface area contributed by atoms with Gasteiger partial charge in [-0.25, -0.2) is 14.0 Å². The van der Waals surface area contributed by atoms with Crippen LogP contribution in [0.25, 0.3) is 6.08 Å². The first kappa shape index (κ1) is 19.7. The van der Waals surface area contributed by atoms with Crippen LogP contribution in [0.2, 0.25) is 0 Å². The fraction of sp³-hybridized carbons (Fsp3) is 0.100. The van der Waals surface area contributed by atoms with Gasteiger partial charge in [0.15, 0.2) is 6.61 Å².